The lowest BCUT2D eigenvalue weighted by Crippen LogP contribution is -2.46. The molecule has 0 radical (unpaired) electrons. The Morgan fingerprint density at radius 3 is 2.51 bits per heavy atom. The first kappa shape index (κ1) is 33.1. The molecule has 51 heavy (non-hydrogen) atoms. The molecule has 3 atom stereocenters. The van der Waals surface area contributed by atoms with E-state index in [9.17, 15) is 24.6 Å². The van der Waals surface area contributed by atoms with Crippen LogP contribution in [0.25, 0.3) is 10.8 Å². The molecule has 3 amide bonds. The molecule has 0 saturated heterocycles. The van der Waals surface area contributed by atoms with Gasteiger partial charge in [0.05, 0.1) is 36.1 Å². The van der Waals surface area contributed by atoms with Gasteiger partial charge in [-0.05, 0) is 71.0 Å². The maximum Gasteiger partial charge on any atom is 0.264 e. The molecule has 0 aliphatic carbocycles. The highest BCUT2D eigenvalue weighted by Gasteiger charge is 2.52. The van der Waals surface area contributed by atoms with Crippen LogP contribution < -0.4 is 9.80 Å². The van der Waals surface area contributed by atoms with Crippen molar-refractivity contribution in [1.82, 2.24) is 4.90 Å². The second-order valence-electron chi connectivity index (χ2n) is 13.6. The molecule has 2 N–H and O–H groups in total. The highest BCUT2D eigenvalue weighted by atomic mass is 79.9. The largest absolute Gasteiger partial charge is 0.394 e. The number of carbonyl (C=O) groups is 3. The van der Waals surface area contributed by atoms with Crippen LogP contribution in [0.4, 0.5) is 17.1 Å². The number of carbonyl (C=O) groups excluding carboxylic acids is 3. The van der Waals surface area contributed by atoms with Gasteiger partial charge in [-0.2, -0.15) is 0 Å². The fraction of sp³-hybridized carbons (Fsp3) is 0.214. The molecule has 256 valence electrons. The summed E-state index contributed by atoms with van der Waals surface area (Å²) in [5.74, 6) is -1.36. The summed E-state index contributed by atoms with van der Waals surface area (Å²) >= 11 is 3.52. The van der Waals surface area contributed by atoms with Crippen LogP contribution >= 0.6 is 15.9 Å². The molecule has 3 aliphatic heterocycles. The molecule has 8 nitrogen and oxygen atoms in total. The van der Waals surface area contributed by atoms with Crippen molar-refractivity contribution in [3.8, 4) is 0 Å². The molecule has 3 heterocycles. The molecular formula is C42H36BrN3O5. The minimum atomic E-state index is -1.88. The van der Waals surface area contributed by atoms with Crippen molar-refractivity contribution in [2.24, 2.45) is 5.92 Å². The summed E-state index contributed by atoms with van der Waals surface area (Å²) in [5, 5.41) is 24.2. The van der Waals surface area contributed by atoms with Crippen molar-refractivity contribution >= 4 is 61.5 Å². The number of hydrogen-bond donors (Lipinski definition) is 2. The summed E-state index contributed by atoms with van der Waals surface area (Å²) in [4.78, 5) is 46.3. The van der Waals surface area contributed by atoms with E-state index in [2.05, 4.69) is 15.9 Å². The standard InChI is InChI=1S/C42H36BrN3O5/c1-26(8-4-17-38(48)44-24-30-11-3-2-10-29(30)21-33(44)25-47)42(51)35-22-31(43)18-19-36(35)45(41(42)50)23-27-9-5-14-32(20-27)46-37-16-7-13-28-12-6-15-34(39(28)37)40(46)49/h2-16,18-20,22,26,33,47,51H,17,21,23-25H2,1H3/b8-4+/t26-,33-,42+/m0/s1. The van der Waals surface area contributed by atoms with Crippen LogP contribution in [0.2, 0.25) is 0 Å². The Hall–Kier alpha value is -5.09. The number of hydrogen-bond acceptors (Lipinski definition) is 5. The van der Waals surface area contributed by atoms with E-state index in [0.29, 0.717) is 35.5 Å². The van der Waals surface area contributed by atoms with E-state index < -0.39 is 17.4 Å². The van der Waals surface area contributed by atoms with Crippen LogP contribution in [-0.4, -0.2) is 45.5 Å². The van der Waals surface area contributed by atoms with Gasteiger partial charge < -0.3 is 20.0 Å². The quantitative estimate of drug-likeness (QED) is 0.165. The van der Waals surface area contributed by atoms with E-state index in [1.165, 1.54) is 0 Å². The van der Waals surface area contributed by atoms with Crippen LogP contribution in [0.15, 0.2) is 120 Å². The van der Waals surface area contributed by atoms with E-state index in [4.69, 9.17) is 0 Å². The summed E-state index contributed by atoms with van der Waals surface area (Å²) in [6.45, 7) is 2.25. The maximum absolute atomic E-state index is 14.3. The fourth-order valence-corrected chi connectivity index (χ4v) is 8.26. The first-order valence-corrected chi connectivity index (χ1v) is 17.9. The molecule has 3 aliphatic rings. The lowest BCUT2D eigenvalue weighted by atomic mass is 9.83. The van der Waals surface area contributed by atoms with Crippen molar-refractivity contribution < 1.29 is 24.6 Å². The predicted octanol–water partition coefficient (Wildman–Crippen LogP) is 7.16. The molecule has 9 heteroatoms. The lowest BCUT2D eigenvalue weighted by Gasteiger charge is -2.36. The smallest absolute Gasteiger partial charge is 0.264 e. The Kier molecular flexibility index (Phi) is 8.37. The average molecular weight is 743 g/mol. The zero-order valence-corrected chi connectivity index (χ0v) is 29.6. The maximum atomic E-state index is 14.3. The molecular weight excluding hydrogens is 706 g/mol. The number of halogens is 1. The number of amides is 3. The van der Waals surface area contributed by atoms with Crippen molar-refractivity contribution in [2.75, 3.05) is 16.4 Å². The Morgan fingerprint density at radius 1 is 0.941 bits per heavy atom. The van der Waals surface area contributed by atoms with Gasteiger partial charge in [-0.15, -0.1) is 0 Å². The summed E-state index contributed by atoms with van der Waals surface area (Å²) < 4.78 is 0.726. The predicted molar refractivity (Wildman–Crippen MR) is 201 cm³/mol. The third-order valence-corrected chi connectivity index (χ3v) is 11.1. The molecule has 8 rings (SSSR count). The highest BCUT2D eigenvalue weighted by molar-refractivity contribution is 9.10. The second kappa shape index (κ2) is 12.9. The van der Waals surface area contributed by atoms with Gasteiger partial charge in [-0.25, -0.2) is 0 Å². The van der Waals surface area contributed by atoms with Gasteiger partial charge in [-0.3, -0.25) is 19.3 Å². The van der Waals surface area contributed by atoms with Crippen molar-refractivity contribution in [3.05, 3.63) is 148 Å². The van der Waals surface area contributed by atoms with E-state index in [-0.39, 0.29) is 37.4 Å². The summed E-state index contributed by atoms with van der Waals surface area (Å²) in [5.41, 5.74) is 4.38. The van der Waals surface area contributed by atoms with Crippen LogP contribution in [0.3, 0.4) is 0 Å². The third-order valence-electron chi connectivity index (χ3n) is 10.6. The zero-order chi connectivity index (χ0) is 35.4. The van der Waals surface area contributed by atoms with Crippen LogP contribution in [-0.2, 0) is 34.7 Å². The van der Waals surface area contributed by atoms with Crippen LogP contribution in [0, 0.1) is 5.92 Å². The summed E-state index contributed by atoms with van der Waals surface area (Å²) in [7, 11) is 0. The molecule has 0 saturated carbocycles. The van der Waals surface area contributed by atoms with Crippen molar-refractivity contribution in [2.45, 2.75) is 44.5 Å². The minimum absolute atomic E-state index is 0.0714. The van der Waals surface area contributed by atoms with Gasteiger partial charge in [-0.1, -0.05) is 95.7 Å². The molecule has 0 unspecified atom stereocenters. The zero-order valence-electron chi connectivity index (χ0n) is 28.0. The summed E-state index contributed by atoms with van der Waals surface area (Å²) in [6.07, 6.45) is 4.10. The number of anilines is 3. The third kappa shape index (κ3) is 5.47. The van der Waals surface area contributed by atoms with Crippen LogP contribution in [0.1, 0.15) is 46.0 Å². The van der Waals surface area contributed by atoms with Gasteiger partial charge in [0, 0.05) is 40.0 Å². The number of benzene rings is 5. The molecule has 0 bridgehead atoms. The number of nitrogens with zero attached hydrogens (tertiary/aromatic N) is 3. The van der Waals surface area contributed by atoms with E-state index in [1.807, 2.05) is 97.1 Å². The van der Waals surface area contributed by atoms with Gasteiger partial charge in [0.15, 0.2) is 5.60 Å². The highest BCUT2D eigenvalue weighted by Crippen LogP contribution is 2.47. The Bertz CT molecular complexity index is 2260. The molecule has 0 spiro atoms. The lowest BCUT2D eigenvalue weighted by molar-refractivity contribution is -0.139. The van der Waals surface area contributed by atoms with Gasteiger partial charge in [0.2, 0.25) is 5.91 Å². The van der Waals surface area contributed by atoms with E-state index >= 15 is 0 Å². The Labute approximate surface area is 304 Å². The van der Waals surface area contributed by atoms with Gasteiger partial charge >= 0.3 is 0 Å². The second-order valence-corrected chi connectivity index (χ2v) is 14.5. The monoisotopic (exact) mass is 741 g/mol. The van der Waals surface area contributed by atoms with Gasteiger partial charge in [0.25, 0.3) is 11.8 Å². The molecule has 5 aromatic rings. The topological polar surface area (TPSA) is 101 Å². The summed E-state index contributed by atoms with van der Waals surface area (Å²) in [6, 6.07) is 32.3. The molecule has 5 aromatic carbocycles. The fourth-order valence-electron chi connectivity index (χ4n) is 7.90. The normalized spacial score (nSPS) is 20.0. The molecule has 0 fully saturated rings. The Balaban J connectivity index is 1.03. The average Bonchev–Trinajstić information content (AvgIpc) is 3.55. The first-order valence-electron chi connectivity index (χ1n) is 17.1. The SMILES string of the molecule is C[C@@H](/C=C/CC(=O)N1Cc2ccccc2C[C@H]1CO)[C@]1(O)C(=O)N(Cc2cccc(N3C(=O)c4cccc5cccc3c45)c2)c2ccc(Br)cc21. The molecule has 0 aromatic heterocycles. The van der Waals surface area contributed by atoms with Crippen LogP contribution in [0.5, 0.6) is 0 Å². The van der Waals surface area contributed by atoms with Crippen molar-refractivity contribution in [3.63, 3.8) is 0 Å². The first-order chi connectivity index (χ1) is 24.7. The number of aliphatic hydroxyl groups excluding tert-OH is 1. The number of aliphatic hydroxyl groups is 2. The van der Waals surface area contributed by atoms with Gasteiger partial charge in [0.1, 0.15) is 0 Å². The van der Waals surface area contributed by atoms with E-state index in [0.717, 1.165) is 37.6 Å². The van der Waals surface area contributed by atoms with E-state index in [1.54, 1.807) is 39.8 Å². The minimum Gasteiger partial charge on any atom is -0.394 e. The Morgan fingerprint density at radius 2 is 1.71 bits per heavy atom. The number of fused-ring (bicyclic) bond motifs is 2. The van der Waals surface area contributed by atoms with Crippen molar-refractivity contribution in [1.29, 1.82) is 0 Å². The number of rotatable bonds is 8.